The monoisotopic (exact) mass is 343 g/mol. The Morgan fingerprint density at radius 3 is 2.83 bits per heavy atom. The highest BCUT2D eigenvalue weighted by Crippen LogP contribution is 2.31. The zero-order valence-electron chi connectivity index (χ0n) is 14.7. The molecule has 2 nitrogen and oxygen atoms in total. The summed E-state index contributed by atoms with van der Waals surface area (Å²) in [5, 5.41) is 3.04. The molecule has 0 bridgehead atoms. The van der Waals surface area contributed by atoms with Gasteiger partial charge in [0.05, 0.1) is 0 Å². The molecule has 0 N–H and O–H groups in total. The molecule has 1 aliphatic carbocycles. The van der Waals surface area contributed by atoms with Crippen LogP contribution in [0.2, 0.25) is 0 Å². The van der Waals surface area contributed by atoms with Crippen molar-refractivity contribution >= 4 is 11.3 Å². The Kier molecular flexibility index (Phi) is 6.71. The first-order valence-electron chi connectivity index (χ1n) is 9.40. The second kappa shape index (κ2) is 9.22. The first-order valence-corrected chi connectivity index (χ1v) is 10.3. The number of nitrogens with zero attached hydrogens (tertiary/aromatic N) is 1. The van der Waals surface area contributed by atoms with E-state index in [0.29, 0.717) is 6.61 Å². The van der Waals surface area contributed by atoms with Crippen molar-refractivity contribution in [3.05, 3.63) is 46.4 Å². The molecular formula is C21H29NOS. The van der Waals surface area contributed by atoms with Crippen LogP contribution in [0, 0.1) is 11.8 Å². The Labute approximate surface area is 150 Å². The van der Waals surface area contributed by atoms with E-state index in [2.05, 4.69) is 36.2 Å². The lowest BCUT2D eigenvalue weighted by atomic mass is 9.82. The van der Waals surface area contributed by atoms with Crippen LogP contribution in [0.1, 0.15) is 62.4 Å². The van der Waals surface area contributed by atoms with E-state index >= 15 is 0 Å². The number of aromatic nitrogens is 1. The summed E-state index contributed by atoms with van der Waals surface area (Å²) in [5.41, 5.74) is 1.34. The van der Waals surface area contributed by atoms with Crippen LogP contribution >= 0.6 is 11.3 Å². The van der Waals surface area contributed by atoms with Gasteiger partial charge in [0.2, 0.25) is 0 Å². The molecule has 1 aliphatic rings. The molecule has 0 amide bonds. The van der Waals surface area contributed by atoms with Crippen LogP contribution in [0.4, 0.5) is 0 Å². The van der Waals surface area contributed by atoms with Gasteiger partial charge in [-0.05, 0) is 42.7 Å². The number of para-hydroxylation sites is 1. The first kappa shape index (κ1) is 17.5. The third-order valence-electron chi connectivity index (χ3n) is 5.17. The van der Waals surface area contributed by atoms with Crippen molar-refractivity contribution in [2.45, 2.75) is 64.9 Å². The number of hydrogen-bond donors (Lipinski definition) is 0. The lowest BCUT2D eigenvalue weighted by Gasteiger charge is -2.24. The molecule has 1 aromatic heterocycles. The molecule has 0 saturated heterocycles. The molecule has 0 spiro atoms. The number of rotatable bonds is 8. The summed E-state index contributed by atoms with van der Waals surface area (Å²) < 4.78 is 6.01. The predicted molar refractivity (Wildman–Crippen MR) is 102 cm³/mol. The van der Waals surface area contributed by atoms with E-state index in [1.54, 1.807) is 11.3 Å². The van der Waals surface area contributed by atoms with E-state index in [-0.39, 0.29) is 0 Å². The third-order valence-corrected chi connectivity index (χ3v) is 5.93. The molecule has 3 heteroatoms. The second-order valence-electron chi connectivity index (χ2n) is 7.21. The van der Waals surface area contributed by atoms with E-state index in [1.165, 1.54) is 50.5 Å². The highest BCUT2D eigenvalue weighted by Gasteiger charge is 2.16. The normalized spacial score (nSPS) is 16.9. The van der Waals surface area contributed by atoms with Crippen LogP contribution in [0.3, 0.4) is 0 Å². The molecule has 130 valence electrons. The molecule has 0 radical (unpaired) electrons. The molecule has 2 aromatic rings. The van der Waals surface area contributed by atoms with E-state index in [4.69, 9.17) is 4.74 Å². The molecule has 24 heavy (non-hydrogen) atoms. The summed E-state index contributed by atoms with van der Waals surface area (Å²) in [7, 11) is 0. The average molecular weight is 344 g/mol. The average Bonchev–Trinajstić information content (AvgIpc) is 3.13. The Hall–Kier alpha value is -1.35. The van der Waals surface area contributed by atoms with E-state index in [1.807, 2.05) is 11.6 Å². The highest BCUT2D eigenvalue weighted by molar-refractivity contribution is 7.09. The van der Waals surface area contributed by atoms with Gasteiger partial charge in [0.15, 0.2) is 0 Å². The van der Waals surface area contributed by atoms with Crippen molar-refractivity contribution in [3.63, 3.8) is 0 Å². The largest absolute Gasteiger partial charge is 0.486 e. The van der Waals surface area contributed by atoms with Gasteiger partial charge in [-0.15, -0.1) is 11.3 Å². The fourth-order valence-corrected chi connectivity index (χ4v) is 4.35. The Balaban J connectivity index is 1.49. The standard InChI is InChI=1S/C21H29NOS/c1-17(15-18-7-3-2-4-8-18)11-12-19-9-5-6-10-20(19)23-16-21-22-13-14-24-21/h5-6,9-10,13-14,17-18H,2-4,7-8,11-12,15-16H2,1H3. The molecule has 0 aliphatic heterocycles. The minimum absolute atomic E-state index is 0.576. The lowest BCUT2D eigenvalue weighted by molar-refractivity contribution is 0.285. The van der Waals surface area contributed by atoms with Gasteiger partial charge in [-0.1, -0.05) is 57.2 Å². The van der Waals surface area contributed by atoms with Gasteiger partial charge in [-0.25, -0.2) is 4.98 Å². The number of hydrogen-bond acceptors (Lipinski definition) is 3. The molecule has 1 heterocycles. The maximum atomic E-state index is 6.01. The second-order valence-corrected chi connectivity index (χ2v) is 8.18. The molecule has 3 rings (SSSR count). The van der Waals surface area contributed by atoms with Crippen molar-refractivity contribution in [1.29, 1.82) is 0 Å². The van der Waals surface area contributed by atoms with Gasteiger partial charge in [-0.2, -0.15) is 0 Å². The van der Waals surface area contributed by atoms with Crippen LogP contribution < -0.4 is 4.74 Å². The molecule has 1 atom stereocenters. The Morgan fingerprint density at radius 2 is 2.04 bits per heavy atom. The maximum absolute atomic E-state index is 6.01. The van der Waals surface area contributed by atoms with Crippen molar-refractivity contribution in [3.8, 4) is 5.75 Å². The molecule has 1 saturated carbocycles. The molecule has 1 unspecified atom stereocenters. The van der Waals surface area contributed by atoms with Crippen LogP contribution in [0.5, 0.6) is 5.75 Å². The third kappa shape index (κ3) is 5.34. The zero-order chi connectivity index (χ0) is 16.6. The number of ether oxygens (including phenoxy) is 1. The van der Waals surface area contributed by atoms with Gasteiger partial charge in [-0.3, -0.25) is 0 Å². The molecular weight excluding hydrogens is 314 g/mol. The Bertz CT molecular complexity index is 590. The summed E-state index contributed by atoms with van der Waals surface area (Å²) in [4.78, 5) is 4.29. The highest BCUT2D eigenvalue weighted by atomic mass is 32.1. The van der Waals surface area contributed by atoms with Crippen LogP contribution in [-0.4, -0.2) is 4.98 Å². The number of benzene rings is 1. The van der Waals surface area contributed by atoms with E-state index in [9.17, 15) is 0 Å². The van der Waals surface area contributed by atoms with Crippen molar-refractivity contribution in [1.82, 2.24) is 4.98 Å². The predicted octanol–water partition coefficient (Wildman–Crippen LogP) is 6.26. The van der Waals surface area contributed by atoms with Crippen molar-refractivity contribution < 1.29 is 4.74 Å². The minimum Gasteiger partial charge on any atom is -0.486 e. The summed E-state index contributed by atoms with van der Waals surface area (Å²) in [6.45, 7) is 3.00. The van der Waals surface area contributed by atoms with Crippen molar-refractivity contribution in [2.75, 3.05) is 0 Å². The van der Waals surface area contributed by atoms with Crippen LogP contribution in [0.15, 0.2) is 35.8 Å². The van der Waals surface area contributed by atoms with Crippen molar-refractivity contribution in [2.24, 2.45) is 11.8 Å². The lowest BCUT2D eigenvalue weighted by Crippen LogP contribution is -2.11. The quantitative estimate of drug-likeness (QED) is 0.564. The Morgan fingerprint density at radius 1 is 1.21 bits per heavy atom. The van der Waals surface area contributed by atoms with E-state index in [0.717, 1.165) is 29.0 Å². The summed E-state index contributed by atoms with van der Waals surface area (Å²) >= 11 is 1.65. The van der Waals surface area contributed by atoms with Gasteiger partial charge in [0.25, 0.3) is 0 Å². The van der Waals surface area contributed by atoms with Gasteiger partial charge in [0.1, 0.15) is 17.4 Å². The maximum Gasteiger partial charge on any atom is 0.140 e. The molecule has 1 aromatic carbocycles. The van der Waals surface area contributed by atoms with Gasteiger partial charge < -0.3 is 4.74 Å². The molecule has 1 fully saturated rings. The van der Waals surface area contributed by atoms with Gasteiger partial charge >= 0.3 is 0 Å². The first-order chi connectivity index (χ1) is 11.8. The minimum atomic E-state index is 0.576. The van der Waals surface area contributed by atoms with E-state index < -0.39 is 0 Å². The SMILES string of the molecule is CC(CCc1ccccc1OCc1nccs1)CC1CCCCC1. The summed E-state index contributed by atoms with van der Waals surface area (Å²) in [6, 6.07) is 8.49. The topological polar surface area (TPSA) is 22.1 Å². The summed E-state index contributed by atoms with van der Waals surface area (Å²) in [6.07, 6.45) is 12.9. The fraction of sp³-hybridized carbons (Fsp3) is 0.571. The van der Waals surface area contributed by atoms with Gasteiger partial charge in [0, 0.05) is 11.6 Å². The number of thiazole rings is 1. The van der Waals surface area contributed by atoms with Crippen LogP contribution in [-0.2, 0) is 13.0 Å². The van der Waals surface area contributed by atoms with Crippen LogP contribution in [0.25, 0.3) is 0 Å². The zero-order valence-corrected chi connectivity index (χ0v) is 15.6. The smallest absolute Gasteiger partial charge is 0.140 e. The fourth-order valence-electron chi connectivity index (χ4n) is 3.83. The number of aryl methyl sites for hydroxylation is 1. The summed E-state index contributed by atoms with van der Waals surface area (Å²) in [5.74, 6) is 2.81.